The molecule has 1 aromatic carbocycles. The summed E-state index contributed by atoms with van der Waals surface area (Å²) in [5.74, 6) is -0.458. The van der Waals surface area contributed by atoms with E-state index in [4.69, 9.17) is 4.74 Å². The summed E-state index contributed by atoms with van der Waals surface area (Å²) < 4.78 is 19.2. The molecule has 0 spiro atoms. The second-order valence-corrected chi connectivity index (χ2v) is 5.95. The van der Waals surface area contributed by atoms with E-state index < -0.39 is 0 Å². The van der Waals surface area contributed by atoms with Crippen LogP contribution in [0, 0.1) is 5.82 Å². The highest BCUT2D eigenvalue weighted by Gasteiger charge is 2.38. The van der Waals surface area contributed by atoms with Crippen LogP contribution in [0.5, 0.6) is 0 Å². The fourth-order valence-electron chi connectivity index (χ4n) is 2.93. The van der Waals surface area contributed by atoms with Crippen molar-refractivity contribution in [1.82, 2.24) is 0 Å². The Balaban J connectivity index is 2.28. The third-order valence-electron chi connectivity index (χ3n) is 3.88. The second-order valence-electron chi connectivity index (χ2n) is 5.10. The van der Waals surface area contributed by atoms with E-state index in [2.05, 4.69) is 15.9 Å². The first kappa shape index (κ1) is 14.5. The molecule has 4 heteroatoms. The fraction of sp³-hybridized carbons (Fsp3) is 0.533. The summed E-state index contributed by atoms with van der Waals surface area (Å²) in [5, 5.41) is 0. The Morgan fingerprint density at radius 1 is 1.42 bits per heavy atom. The van der Waals surface area contributed by atoms with Gasteiger partial charge in [0, 0.05) is 5.41 Å². The predicted molar refractivity (Wildman–Crippen MR) is 75.5 cm³/mol. The molecule has 0 N–H and O–H groups in total. The number of hydrogen-bond acceptors (Lipinski definition) is 2. The molecule has 0 unspecified atom stereocenters. The van der Waals surface area contributed by atoms with E-state index in [1.807, 2.05) is 6.07 Å². The predicted octanol–water partition coefficient (Wildman–Crippen LogP) is 4.35. The van der Waals surface area contributed by atoms with Crippen molar-refractivity contribution in [2.24, 2.45) is 0 Å². The van der Waals surface area contributed by atoms with Gasteiger partial charge in [0.25, 0.3) is 0 Å². The van der Waals surface area contributed by atoms with Gasteiger partial charge in [-0.25, -0.2) is 4.39 Å². The van der Waals surface area contributed by atoms with Crippen LogP contribution < -0.4 is 0 Å². The number of ether oxygens (including phenoxy) is 1. The summed E-state index contributed by atoms with van der Waals surface area (Å²) in [5.41, 5.74) is 0.673. The number of carbonyl (C=O) groups is 1. The molecular formula is C15H18BrFO2. The topological polar surface area (TPSA) is 26.3 Å². The minimum atomic E-state index is -0.271. The summed E-state index contributed by atoms with van der Waals surface area (Å²) in [6.07, 6.45) is 4.36. The second kappa shape index (κ2) is 6.04. The lowest BCUT2D eigenvalue weighted by Gasteiger charge is -2.28. The van der Waals surface area contributed by atoms with Crippen LogP contribution in [-0.2, 0) is 14.9 Å². The SMILES string of the molecule is CCOC(=O)CC1(c2ccc(Br)c(F)c2)CCCC1. The van der Waals surface area contributed by atoms with Crippen molar-refractivity contribution in [3.05, 3.63) is 34.1 Å². The van der Waals surface area contributed by atoms with E-state index in [9.17, 15) is 9.18 Å². The van der Waals surface area contributed by atoms with Gasteiger partial charge in [-0.3, -0.25) is 4.79 Å². The number of hydrogen-bond donors (Lipinski definition) is 0. The number of esters is 1. The molecule has 2 nitrogen and oxygen atoms in total. The van der Waals surface area contributed by atoms with E-state index in [0.29, 0.717) is 17.5 Å². The van der Waals surface area contributed by atoms with Crippen LogP contribution in [0.2, 0.25) is 0 Å². The molecule has 1 saturated carbocycles. The zero-order chi connectivity index (χ0) is 13.9. The Labute approximate surface area is 121 Å². The first-order chi connectivity index (χ1) is 9.07. The van der Waals surface area contributed by atoms with Crippen LogP contribution in [0.1, 0.15) is 44.6 Å². The zero-order valence-corrected chi connectivity index (χ0v) is 12.6. The highest BCUT2D eigenvalue weighted by atomic mass is 79.9. The first-order valence-electron chi connectivity index (χ1n) is 6.68. The molecule has 0 amide bonds. The lowest BCUT2D eigenvalue weighted by Crippen LogP contribution is -2.27. The maximum Gasteiger partial charge on any atom is 0.306 e. The molecular weight excluding hydrogens is 311 g/mol. The van der Waals surface area contributed by atoms with Crippen LogP contribution >= 0.6 is 15.9 Å². The van der Waals surface area contributed by atoms with E-state index in [1.165, 1.54) is 0 Å². The molecule has 2 rings (SSSR count). The van der Waals surface area contributed by atoms with Crippen molar-refractivity contribution in [3.8, 4) is 0 Å². The largest absolute Gasteiger partial charge is 0.466 e. The summed E-state index contributed by atoms with van der Waals surface area (Å²) in [7, 11) is 0. The minimum Gasteiger partial charge on any atom is -0.466 e. The highest BCUT2D eigenvalue weighted by Crippen LogP contribution is 2.44. The van der Waals surface area contributed by atoms with Crippen LogP contribution in [0.3, 0.4) is 0 Å². The Morgan fingerprint density at radius 2 is 2.11 bits per heavy atom. The Morgan fingerprint density at radius 3 is 2.68 bits per heavy atom. The van der Waals surface area contributed by atoms with Gasteiger partial charge in [-0.2, -0.15) is 0 Å². The number of rotatable bonds is 4. The van der Waals surface area contributed by atoms with E-state index in [0.717, 1.165) is 31.2 Å². The smallest absolute Gasteiger partial charge is 0.306 e. The average Bonchev–Trinajstić information content (AvgIpc) is 2.82. The maximum absolute atomic E-state index is 13.7. The Bertz CT molecular complexity index is 467. The summed E-state index contributed by atoms with van der Waals surface area (Å²) in [4.78, 5) is 11.8. The van der Waals surface area contributed by atoms with Crippen molar-refractivity contribution >= 4 is 21.9 Å². The van der Waals surface area contributed by atoms with Gasteiger partial charge in [-0.1, -0.05) is 18.9 Å². The molecule has 1 fully saturated rings. The zero-order valence-electron chi connectivity index (χ0n) is 11.0. The van der Waals surface area contributed by atoms with Gasteiger partial charge in [0.1, 0.15) is 5.82 Å². The van der Waals surface area contributed by atoms with Crippen molar-refractivity contribution in [2.75, 3.05) is 6.61 Å². The highest BCUT2D eigenvalue weighted by molar-refractivity contribution is 9.10. The summed E-state index contributed by atoms with van der Waals surface area (Å²) in [6.45, 7) is 2.20. The molecule has 0 atom stereocenters. The number of benzene rings is 1. The molecule has 1 aliphatic carbocycles. The quantitative estimate of drug-likeness (QED) is 0.768. The van der Waals surface area contributed by atoms with Gasteiger partial charge in [-0.05, 0) is 53.4 Å². The standard InChI is InChI=1S/C15H18BrFO2/c1-2-19-14(18)10-15(7-3-4-8-15)11-5-6-12(16)13(17)9-11/h5-6,9H,2-4,7-8,10H2,1H3. The maximum atomic E-state index is 13.7. The lowest BCUT2D eigenvalue weighted by atomic mass is 9.76. The Kier molecular flexibility index (Phi) is 4.61. The summed E-state index contributed by atoms with van der Waals surface area (Å²) >= 11 is 3.16. The van der Waals surface area contributed by atoms with E-state index >= 15 is 0 Å². The molecule has 1 aromatic rings. The van der Waals surface area contributed by atoms with Gasteiger partial charge in [0.2, 0.25) is 0 Å². The van der Waals surface area contributed by atoms with Gasteiger partial charge in [0.05, 0.1) is 17.5 Å². The van der Waals surface area contributed by atoms with E-state index in [1.54, 1.807) is 19.1 Å². The van der Waals surface area contributed by atoms with E-state index in [-0.39, 0.29) is 17.2 Å². The molecule has 104 valence electrons. The molecule has 19 heavy (non-hydrogen) atoms. The normalized spacial score (nSPS) is 17.4. The monoisotopic (exact) mass is 328 g/mol. The third-order valence-corrected chi connectivity index (χ3v) is 4.52. The Hall–Kier alpha value is -0.900. The van der Waals surface area contributed by atoms with Crippen molar-refractivity contribution in [2.45, 2.75) is 44.4 Å². The van der Waals surface area contributed by atoms with Crippen molar-refractivity contribution < 1.29 is 13.9 Å². The molecule has 0 aliphatic heterocycles. The van der Waals surface area contributed by atoms with Crippen molar-refractivity contribution in [3.63, 3.8) is 0 Å². The average molecular weight is 329 g/mol. The number of halogens is 2. The van der Waals surface area contributed by atoms with Crippen LogP contribution in [0.25, 0.3) is 0 Å². The van der Waals surface area contributed by atoms with Crippen molar-refractivity contribution in [1.29, 1.82) is 0 Å². The van der Waals surface area contributed by atoms with Gasteiger partial charge in [-0.15, -0.1) is 0 Å². The molecule has 0 heterocycles. The fourth-order valence-corrected chi connectivity index (χ4v) is 3.18. The molecule has 0 aromatic heterocycles. The van der Waals surface area contributed by atoms with Crippen LogP contribution in [0.15, 0.2) is 22.7 Å². The van der Waals surface area contributed by atoms with Gasteiger partial charge in [0.15, 0.2) is 0 Å². The van der Waals surface area contributed by atoms with Crippen LogP contribution in [-0.4, -0.2) is 12.6 Å². The van der Waals surface area contributed by atoms with Gasteiger partial charge >= 0.3 is 5.97 Å². The lowest BCUT2D eigenvalue weighted by molar-refractivity contribution is -0.144. The first-order valence-corrected chi connectivity index (χ1v) is 7.48. The molecule has 0 radical (unpaired) electrons. The minimum absolute atomic E-state index is 0.187. The molecule has 0 bridgehead atoms. The van der Waals surface area contributed by atoms with Gasteiger partial charge < -0.3 is 4.74 Å². The molecule has 0 saturated heterocycles. The number of carbonyl (C=O) groups excluding carboxylic acids is 1. The molecule has 1 aliphatic rings. The third kappa shape index (κ3) is 3.16. The summed E-state index contributed by atoms with van der Waals surface area (Å²) in [6, 6.07) is 5.18. The van der Waals surface area contributed by atoms with Crippen LogP contribution in [0.4, 0.5) is 4.39 Å².